The first-order valence-corrected chi connectivity index (χ1v) is 5.23. The van der Waals surface area contributed by atoms with E-state index in [0.29, 0.717) is 13.2 Å². The molecule has 1 aliphatic rings. The van der Waals surface area contributed by atoms with E-state index in [2.05, 4.69) is 18.4 Å². The first kappa shape index (κ1) is 11.7. The predicted molar refractivity (Wildman–Crippen MR) is 60.4 cm³/mol. The van der Waals surface area contributed by atoms with Crippen LogP contribution >= 0.6 is 0 Å². The van der Waals surface area contributed by atoms with Gasteiger partial charge in [0.2, 0.25) is 0 Å². The molecule has 0 aromatic rings. The molecule has 0 saturated heterocycles. The lowest BCUT2D eigenvalue weighted by Crippen LogP contribution is -2.00. The molecule has 2 nitrogen and oxygen atoms in total. The smallest absolute Gasteiger partial charge is 0.146 e. The van der Waals surface area contributed by atoms with Gasteiger partial charge in [-0.15, -0.1) is 6.58 Å². The van der Waals surface area contributed by atoms with Crippen molar-refractivity contribution in [2.45, 2.75) is 25.7 Å². The molecule has 0 amide bonds. The van der Waals surface area contributed by atoms with Gasteiger partial charge in [0.05, 0.1) is 6.61 Å². The van der Waals surface area contributed by atoms with Crippen molar-refractivity contribution in [1.29, 1.82) is 0 Å². The van der Waals surface area contributed by atoms with E-state index in [1.165, 1.54) is 0 Å². The molecule has 0 unspecified atom stereocenters. The fourth-order valence-electron chi connectivity index (χ4n) is 1.54. The van der Waals surface area contributed by atoms with Crippen molar-refractivity contribution in [1.82, 2.24) is 0 Å². The van der Waals surface area contributed by atoms with Crippen molar-refractivity contribution in [3.8, 4) is 11.8 Å². The molecule has 0 fully saturated rings. The molecule has 0 heterocycles. The zero-order valence-electron chi connectivity index (χ0n) is 8.92. The first-order chi connectivity index (χ1) is 7.38. The summed E-state index contributed by atoms with van der Waals surface area (Å²) in [6, 6.07) is 0. The Morgan fingerprint density at radius 3 is 2.93 bits per heavy atom. The molecular formula is C13H16O2. The number of hydrogen-bond acceptors (Lipinski definition) is 2. The molecule has 0 saturated carbocycles. The van der Waals surface area contributed by atoms with Gasteiger partial charge in [-0.1, -0.05) is 17.9 Å². The molecule has 80 valence electrons. The fraction of sp³-hybridized carbons (Fsp3) is 0.462. The Balaban J connectivity index is 2.50. The lowest BCUT2D eigenvalue weighted by atomic mass is 9.93. The summed E-state index contributed by atoms with van der Waals surface area (Å²) in [7, 11) is 0. The number of carbonyl (C=O) groups is 1. The fourth-order valence-corrected chi connectivity index (χ4v) is 1.54. The second-order valence-electron chi connectivity index (χ2n) is 3.43. The first-order valence-electron chi connectivity index (χ1n) is 5.23. The highest BCUT2D eigenvalue weighted by Gasteiger charge is 2.09. The minimum absolute atomic E-state index is 0.404. The van der Waals surface area contributed by atoms with Gasteiger partial charge in [0, 0.05) is 11.1 Å². The number of ether oxygens (including phenoxy) is 1. The van der Waals surface area contributed by atoms with Gasteiger partial charge >= 0.3 is 0 Å². The van der Waals surface area contributed by atoms with Crippen LogP contribution in [-0.2, 0) is 9.53 Å². The molecule has 2 heteroatoms. The Kier molecular flexibility index (Phi) is 5.50. The molecule has 1 aliphatic carbocycles. The van der Waals surface area contributed by atoms with E-state index < -0.39 is 0 Å². The number of carbonyl (C=O) groups excluding carboxylic acids is 1. The predicted octanol–water partition coefficient (Wildman–Crippen LogP) is 2.26. The van der Waals surface area contributed by atoms with Gasteiger partial charge in [0.1, 0.15) is 12.9 Å². The lowest BCUT2D eigenvalue weighted by Gasteiger charge is -2.11. The highest BCUT2D eigenvalue weighted by atomic mass is 16.5. The van der Waals surface area contributed by atoms with Crippen LogP contribution in [0.1, 0.15) is 25.7 Å². The normalized spacial score (nSPS) is 15.5. The third-order valence-electron chi connectivity index (χ3n) is 2.30. The summed E-state index contributed by atoms with van der Waals surface area (Å²) in [5.74, 6) is 5.94. The van der Waals surface area contributed by atoms with Gasteiger partial charge in [-0.05, 0) is 25.7 Å². The van der Waals surface area contributed by atoms with E-state index in [-0.39, 0.29) is 0 Å². The molecule has 0 N–H and O–H groups in total. The highest BCUT2D eigenvalue weighted by Crippen LogP contribution is 2.22. The van der Waals surface area contributed by atoms with Gasteiger partial charge < -0.3 is 4.74 Å². The molecule has 0 aliphatic heterocycles. The number of allylic oxidation sites excluding steroid dienone is 2. The minimum atomic E-state index is 0.404. The Labute approximate surface area is 91.0 Å². The maximum atomic E-state index is 10.7. The summed E-state index contributed by atoms with van der Waals surface area (Å²) in [6.45, 7) is 4.47. The molecular weight excluding hydrogens is 188 g/mol. The number of aldehydes is 1. The average Bonchev–Trinajstić information content (AvgIpc) is 2.29. The largest absolute Gasteiger partial charge is 0.365 e. The average molecular weight is 204 g/mol. The van der Waals surface area contributed by atoms with Crippen molar-refractivity contribution < 1.29 is 9.53 Å². The van der Waals surface area contributed by atoms with Crippen LogP contribution < -0.4 is 0 Å². The summed E-state index contributed by atoms with van der Waals surface area (Å²) in [5, 5.41) is 0. The molecule has 15 heavy (non-hydrogen) atoms. The van der Waals surface area contributed by atoms with Crippen LogP contribution in [-0.4, -0.2) is 19.5 Å². The zero-order chi connectivity index (χ0) is 10.9. The summed E-state index contributed by atoms with van der Waals surface area (Å²) < 4.78 is 5.14. The SMILES string of the molecule is C=CCOCC#CC1=C(C=O)CCCC1. The molecule has 0 atom stereocenters. The molecule has 0 aromatic heterocycles. The highest BCUT2D eigenvalue weighted by molar-refractivity contribution is 5.76. The Bertz CT molecular complexity index is 315. The van der Waals surface area contributed by atoms with Crippen molar-refractivity contribution in [3.05, 3.63) is 23.8 Å². The molecule has 1 rings (SSSR count). The van der Waals surface area contributed by atoms with Crippen LogP contribution in [0.2, 0.25) is 0 Å². The van der Waals surface area contributed by atoms with Gasteiger partial charge in [-0.25, -0.2) is 0 Å². The zero-order valence-corrected chi connectivity index (χ0v) is 8.92. The van der Waals surface area contributed by atoms with Gasteiger partial charge in [-0.3, -0.25) is 4.79 Å². The maximum absolute atomic E-state index is 10.7. The lowest BCUT2D eigenvalue weighted by molar-refractivity contribution is -0.105. The molecule has 0 radical (unpaired) electrons. The van der Waals surface area contributed by atoms with E-state index in [0.717, 1.165) is 43.1 Å². The quantitative estimate of drug-likeness (QED) is 0.304. The number of rotatable bonds is 4. The summed E-state index contributed by atoms with van der Waals surface area (Å²) in [5.41, 5.74) is 1.87. The maximum Gasteiger partial charge on any atom is 0.146 e. The van der Waals surface area contributed by atoms with Crippen molar-refractivity contribution in [2.24, 2.45) is 0 Å². The van der Waals surface area contributed by atoms with Gasteiger partial charge in [-0.2, -0.15) is 0 Å². The van der Waals surface area contributed by atoms with Crippen molar-refractivity contribution in [2.75, 3.05) is 13.2 Å². The van der Waals surface area contributed by atoms with Crippen LogP contribution in [0.15, 0.2) is 23.8 Å². The minimum Gasteiger partial charge on any atom is -0.365 e. The number of hydrogen-bond donors (Lipinski definition) is 0. The second kappa shape index (κ2) is 7.03. The van der Waals surface area contributed by atoms with E-state index in [1.807, 2.05) is 0 Å². The molecule has 0 aromatic carbocycles. The Hall–Kier alpha value is -1.33. The Morgan fingerprint density at radius 1 is 1.40 bits per heavy atom. The van der Waals surface area contributed by atoms with E-state index >= 15 is 0 Å². The third-order valence-corrected chi connectivity index (χ3v) is 2.30. The van der Waals surface area contributed by atoms with Crippen molar-refractivity contribution >= 4 is 6.29 Å². The van der Waals surface area contributed by atoms with Crippen LogP contribution in [0.25, 0.3) is 0 Å². The molecule has 0 bridgehead atoms. The monoisotopic (exact) mass is 204 g/mol. The summed E-state index contributed by atoms with van der Waals surface area (Å²) in [6.07, 6.45) is 6.68. The summed E-state index contributed by atoms with van der Waals surface area (Å²) in [4.78, 5) is 10.7. The molecule has 0 spiro atoms. The van der Waals surface area contributed by atoms with Gasteiger partial charge in [0.15, 0.2) is 0 Å². The standard InChI is InChI=1S/C13H16O2/c1-2-9-15-10-5-8-12-6-3-4-7-13(12)11-14/h2,11H,1,3-4,6-7,9-10H2. The van der Waals surface area contributed by atoms with Crippen molar-refractivity contribution in [3.63, 3.8) is 0 Å². The van der Waals surface area contributed by atoms with E-state index in [9.17, 15) is 4.79 Å². The van der Waals surface area contributed by atoms with Crippen LogP contribution in [0.4, 0.5) is 0 Å². The van der Waals surface area contributed by atoms with Crippen LogP contribution in [0.5, 0.6) is 0 Å². The summed E-state index contributed by atoms with van der Waals surface area (Å²) >= 11 is 0. The van der Waals surface area contributed by atoms with Gasteiger partial charge in [0.25, 0.3) is 0 Å². The topological polar surface area (TPSA) is 26.3 Å². The van der Waals surface area contributed by atoms with Crippen LogP contribution in [0, 0.1) is 11.8 Å². The second-order valence-corrected chi connectivity index (χ2v) is 3.43. The van der Waals surface area contributed by atoms with E-state index in [4.69, 9.17) is 4.74 Å². The third kappa shape index (κ3) is 4.14. The van der Waals surface area contributed by atoms with E-state index in [1.54, 1.807) is 6.08 Å². The Morgan fingerprint density at radius 2 is 2.20 bits per heavy atom. The van der Waals surface area contributed by atoms with Crippen LogP contribution in [0.3, 0.4) is 0 Å².